The van der Waals surface area contributed by atoms with Crippen LogP contribution in [0.5, 0.6) is 0 Å². The molecular formula is C8H10O2S. The second-order valence-corrected chi connectivity index (χ2v) is 2.69. The average Bonchev–Trinajstić information content (AvgIpc) is 1.97. The van der Waals surface area contributed by atoms with Crippen molar-refractivity contribution in [2.24, 2.45) is 0 Å². The molecule has 0 aromatic carbocycles. The van der Waals surface area contributed by atoms with E-state index in [9.17, 15) is 4.79 Å². The molecule has 2 nitrogen and oxygen atoms in total. The summed E-state index contributed by atoms with van der Waals surface area (Å²) in [5.74, 6) is -0.936. The normalized spacial score (nSPS) is 11.9. The Labute approximate surface area is 70.3 Å². The van der Waals surface area contributed by atoms with Crippen LogP contribution >= 0.6 is 11.8 Å². The Kier molecular flexibility index (Phi) is 5.29. The lowest BCUT2D eigenvalue weighted by atomic mass is 10.4. The Bertz CT molecular complexity index is 204. The molecule has 0 radical (unpaired) electrons. The minimum Gasteiger partial charge on any atom is -0.478 e. The van der Waals surface area contributed by atoms with Crippen molar-refractivity contribution in [3.8, 4) is 0 Å². The van der Waals surface area contributed by atoms with Gasteiger partial charge in [-0.25, -0.2) is 4.79 Å². The number of carboxylic acids is 1. The molecule has 0 saturated heterocycles. The predicted molar refractivity (Wildman–Crippen MR) is 48.3 cm³/mol. The van der Waals surface area contributed by atoms with Gasteiger partial charge in [-0.15, -0.1) is 0 Å². The van der Waals surface area contributed by atoms with Crippen molar-refractivity contribution >= 4 is 17.7 Å². The predicted octanol–water partition coefficient (Wildman–Crippen LogP) is 2.41. The van der Waals surface area contributed by atoms with Crippen molar-refractivity contribution in [1.29, 1.82) is 0 Å². The number of hydrogen-bond donors (Lipinski definition) is 1. The maximum Gasteiger partial charge on any atom is 0.328 e. The van der Waals surface area contributed by atoms with Gasteiger partial charge in [-0.3, -0.25) is 0 Å². The van der Waals surface area contributed by atoms with E-state index >= 15 is 0 Å². The summed E-state index contributed by atoms with van der Waals surface area (Å²) in [7, 11) is 0. The fourth-order valence-electron chi connectivity index (χ4n) is 0.453. The molecular weight excluding hydrogens is 160 g/mol. The van der Waals surface area contributed by atoms with Gasteiger partial charge in [-0.2, -0.15) is 0 Å². The van der Waals surface area contributed by atoms with Crippen LogP contribution < -0.4 is 0 Å². The van der Waals surface area contributed by atoms with Crippen molar-refractivity contribution in [2.75, 3.05) is 0 Å². The third kappa shape index (κ3) is 5.48. The summed E-state index contributed by atoms with van der Waals surface area (Å²) >= 11 is 1.39. The van der Waals surface area contributed by atoms with Crippen LogP contribution in [0.25, 0.3) is 0 Å². The van der Waals surface area contributed by atoms with E-state index in [2.05, 4.69) is 6.58 Å². The lowest BCUT2D eigenvalue weighted by Crippen LogP contribution is -1.85. The molecule has 0 atom stereocenters. The minimum atomic E-state index is -0.936. The maximum absolute atomic E-state index is 10.1. The van der Waals surface area contributed by atoms with E-state index in [0.717, 1.165) is 11.0 Å². The van der Waals surface area contributed by atoms with Gasteiger partial charge in [-0.1, -0.05) is 24.4 Å². The molecule has 60 valence electrons. The average molecular weight is 170 g/mol. The number of hydrogen-bond acceptors (Lipinski definition) is 2. The number of carbonyl (C=O) groups is 1. The zero-order valence-corrected chi connectivity index (χ0v) is 7.10. The summed E-state index contributed by atoms with van der Waals surface area (Å²) in [4.78, 5) is 11.0. The van der Waals surface area contributed by atoms with Crippen LogP contribution in [0, 0.1) is 0 Å². The van der Waals surface area contributed by atoms with E-state index in [1.165, 1.54) is 17.8 Å². The molecule has 0 unspecified atom stereocenters. The molecule has 0 saturated carbocycles. The largest absolute Gasteiger partial charge is 0.478 e. The molecule has 0 rings (SSSR count). The summed E-state index contributed by atoms with van der Waals surface area (Å²) in [6.45, 7) is 5.36. The van der Waals surface area contributed by atoms with E-state index in [-0.39, 0.29) is 0 Å². The first kappa shape index (κ1) is 10.0. The maximum atomic E-state index is 10.1. The molecule has 11 heavy (non-hydrogen) atoms. The Morgan fingerprint density at radius 2 is 2.18 bits per heavy atom. The SMILES string of the molecule is C=CSC(=C\C)/C=C/C(=O)O. The molecule has 0 aromatic heterocycles. The Morgan fingerprint density at radius 1 is 1.55 bits per heavy atom. The van der Waals surface area contributed by atoms with Gasteiger partial charge in [0.05, 0.1) is 0 Å². The third-order valence-electron chi connectivity index (χ3n) is 0.894. The van der Waals surface area contributed by atoms with Crippen LogP contribution in [-0.2, 0) is 4.79 Å². The molecule has 3 heteroatoms. The van der Waals surface area contributed by atoms with Crippen LogP contribution in [0.3, 0.4) is 0 Å². The molecule has 0 aliphatic carbocycles. The van der Waals surface area contributed by atoms with Crippen LogP contribution in [0.15, 0.2) is 35.1 Å². The highest BCUT2D eigenvalue weighted by atomic mass is 32.2. The highest BCUT2D eigenvalue weighted by Crippen LogP contribution is 2.16. The zero-order chi connectivity index (χ0) is 8.69. The van der Waals surface area contributed by atoms with Gasteiger partial charge >= 0.3 is 5.97 Å². The third-order valence-corrected chi connectivity index (χ3v) is 1.70. The van der Waals surface area contributed by atoms with Gasteiger partial charge in [0.15, 0.2) is 0 Å². The molecule has 0 aliphatic heterocycles. The van der Waals surface area contributed by atoms with Gasteiger partial charge in [0, 0.05) is 11.0 Å². The van der Waals surface area contributed by atoms with Crippen molar-refractivity contribution in [3.63, 3.8) is 0 Å². The second kappa shape index (κ2) is 5.80. The summed E-state index contributed by atoms with van der Waals surface area (Å²) in [5.41, 5.74) is 0. The number of aliphatic carboxylic acids is 1. The number of carboxylic acid groups (broad SMARTS) is 1. The van der Waals surface area contributed by atoms with Crippen LogP contribution in [0.2, 0.25) is 0 Å². The fourth-order valence-corrected chi connectivity index (χ4v) is 0.928. The lowest BCUT2D eigenvalue weighted by molar-refractivity contribution is -0.131. The Morgan fingerprint density at radius 3 is 2.55 bits per heavy atom. The van der Waals surface area contributed by atoms with E-state index in [4.69, 9.17) is 5.11 Å². The first-order valence-electron chi connectivity index (χ1n) is 3.05. The summed E-state index contributed by atoms with van der Waals surface area (Å²) in [5, 5.41) is 9.93. The van der Waals surface area contributed by atoms with Gasteiger partial charge in [0.1, 0.15) is 0 Å². The Hall–Kier alpha value is -0.960. The van der Waals surface area contributed by atoms with Gasteiger partial charge in [-0.05, 0) is 18.4 Å². The molecule has 0 aromatic rings. The summed E-state index contributed by atoms with van der Waals surface area (Å²) in [6.07, 6.45) is 4.46. The van der Waals surface area contributed by atoms with E-state index in [1.807, 2.05) is 13.0 Å². The van der Waals surface area contributed by atoms with Crippen molar-refractivity contribution in [1.82, 2.24) is 0 Å². The summed E-state index contributed by atoms with van der Waals surface area (Å²) < 4.78 is 0. The van der Waals surface area contributed by atoms with Gasteiger partial charge in [0.2, 0.25) is 0 Å². The van der Waals surface area contributed by atoms with Crippen molar-refractivity contribution in [3.05, 3.63) is 35.1 Å². The molecule has 1 N–H and O–H groups in total. The molecule has 0 spiro atoms. The molecule has 0 amide bonds. The lowest BCUT2D eigenvalue weighted by Gasteiger charge is -1.91. The van der Waals surface area contributed by atoms with Crippen LogP contribution in [0.1, 0.15) is 6.92 Å². The number of thioether (sulfide) groups is 1. The van der Waals surface area contributed by atoms with Gasteiger partial charge < -0.3 is 5.11 Å². The molecule has 0 fully saturated rings. The number of rotatable bonds is 4. The molecule has 0 heterocycles. The minimum absolute atomic E-state index is 0.877. The standard InChI is InChI=1S/C8H10O2S/c1-3-7(11-4-2)5-6-8(9)10/h3-6H,2H2,1H3,(H,9,10)/b6-5+,7-3-. The highest BCUT2D eigenvalue weighted by molar-refractivity contribution is 8.06. The first-order chi connectivity index (χ1) is 5.20. The van der Waals surface area contributed by atoms with Gasteiger partial charge in [0.25, 0.3) is 0 Å². The van der Waals surface area contributed by atoms with Crippen molar-refractivity contribution < 1.29 is 9.90 Å². The highest BCUT2D eigenvalue weighted by Gasteiger charge is 1.89. The van der Waals surface area contributed by atoms with Crippen LogP contribution in [-0.4, -0.2) is 11.1 Å². The van der Waals surface area contributed by atoms with E-state index < -0.39 is 5.97 Å². The first-order valence-corrected chi connectivity index (χ1v) is 3.93. The summed E-state index contributed by atoms with van der Waals surface area (Å²) in [6, 6.07) is 0. The Balaban J connectivity index is 4.08. The second-order valence-electron chi connectivity index (χ2n) is 1.65. The van der Waals surface area contributed by atoms with E-state index in [1.54, 1.807) is 5.41 Å². The quantitative estimate of drug-likeness (QED) is 0.520. The smallest absolute Gasteiger partial charge is 0.328 e. The number of allylic oxidation sites excluding steroid dienone is 2. The fraction of sp³-hybridized carbons (Fsp3) is 0.125. The monoisotopic (exact) mass is 170 g/mol. The van der Waals surface area contributed by atoms with E-state index in [0.29, 0.717) is 0 Å². The van der Waals surface area contributed by atoms with Crippen molar-refractivity contribution in [2.45, 2.75) is 6.92 Å². The molecule has 0 aliphatic rings. The topological polar surface area (TPSA) is 37.3 Å². The zero-order valence-electron chi connectivity index (χ0n) is 6.28. The van der Waals surface area contributed by atoms with Crippen LogP contribution in [0.4, 0.5) is 0 Å². The molecule has 0 bridgehead atoms.